The highest BCUT2D eigenvalue weighted by atomic mass is 35.5. The smallest absolute Gasteiger partial charge is 0.309 e. The summed E-state index contributed by atoms with van der Waals surface area (Å²) in [6, 6.07) is 11.4. The van der Waals surface area contributed by atoms with Crippen molar-refractivity contribution >= 4 is 28.5 Å². The first kappa shape index (κ1) is 24.8. The van der Waals surface area contributed by atoms with Crippen molar-refractivity contribution < 1.29 is 18.8 Å². The van der Waals surface area contributed by atoms with E-state index in [2.05, 4.69) is 22.4 Å². The van der Waals surface area contributed by atoms with Crippen molar-refractivity contribution in [1.29, 1.82) is 0 Å². The molecule has 0 radical (unpaired) electrons. The molecule has 0 aliphatic carbocycles. The number of esters is 1. The molecule has 0 spiro atoms. The molecule has 0 saturated carbocycles. The van der Waals surface area contributed by atoms with Crippen molar-refractivity contribution in [3.63, 3.8) is 0 Å². The molecule has 0 fully saturated rings. The second-order valence-electron chi connectivity index (χ2n) is 8.96. The minimum Gasteiger partial charge on any atom is -0.489 e. The molecule has 35 heavy (non-hydrogen) atoms. The van der Waals surface area contributed by atoms with Gasteiger partial charge >= 0.3 is 5.97 Å². The molecule has 0 bridgehead atoms. The molecule has 2 atom stereocenters. The Bertz CT molecular complexity index is 1360. The summed E-state index contributed by atoms with van der Waals surface area (Å²) in [5.41, 5.74) is 3.59. The minimum atomic E-state index is -0.270. The Morgan fingerprint density at radius 3 is 2.63 bits per heavy atom. The van der Waals surface area contributed by atoms with Crippen molar-refractivity contribution in [2.24, 2.45) is 13.0 Å². The highest BCUT2D eigenvalue weighted by Gasteiger charge is 2.26. The number of carbonyl (C=O) groups is 1. The van der Waals surface area contributed by atoms with E-state index in [1.807, 2.05) is 64.4 Å². The fourth-order valence-electron chi connectivity index (χ4n) is 4.22. The number of hydrogen-bond donors (Lipinski definition) is 0. The van der Waals surface area contributed by atoms with E-state index in [1.54, 1.807) is 12.1 Å². The second kappa shape index (κ2) is 10.1. The van der Waals surface area contributed by atoms with Gasteiger partial charge in [0.15, 0.2) is 0 Å². The van der Waals surface area contributed by atoms with Crippen LogP contribution in [0, 0.1) is 5.92 Å². The predicted octanol–water partition coefficient (Wildman–Crippen LogP) is 6.64. The van der Waals surface area contributed by atoms with Crippen LogP contribution >= 0.6 is 11.6 Å². The first-order valence-electron chi connectivity index (χ1n) is 11.8. The summed E-state index contributed by atoms with van der Waals surface area (Å²) in [6.07, 6.45) is 2.08. The van der Waals surface area contributed by atoms with E-state index in [-0.39, 0.29) is 23.9 Å². The third-order valence-electron chi connectivity index (χ3n) is 6.14. The highest BCUT2D eigenvalue weighted by Crippen LogP contribution is 2.37. The maximum Gasteiger partial charge on any atom is 0.309 e. The quantitative estimate of drug-likeness (QED) is 0.255. The predicted molar refractivity (Wildman–Crippen MR) is 137 cm³/mol. The Balaban J connectivity index is 1.70. The van der Waals surface area contributed by atoms with Crippen molar-refractivity contribution in [2.45, 2.75) is 46.6 Å². The normalized spacial score (nSPS) is 13.3. The van der Waals surface area contributed by atoms with Crippen LogP contribution in [0.5, 0.6) is 5.75 Å². The Morgan fingerprint density at radius 2 is 1.94 bits per heavy atom. The summed E-state index contributed by atoms with van der Waals surface area (Å²) in [5.74, 6) is 0.963. The van der Waals surface area contributed by atoms with Crippen LogP contribution in [0.15, 0.2) is 47.1 Å². The van der Waals surface area contributed by atoms with Gasteiger partial charge < -0.3 is 18.6 Å². The van der Waals surface area contributed by atoms with Gasteiger partial charge in [0.25, 0.3) is 5.89 Å². The number of aryl methyl sites for hydroxylation is 1. The summed E-state index contributed by atoms with van der Waals surface area (Å²) < 4.78 is 18.6. The molecule has 0 aliphatic rings. The van der Waals surface area contributed by atoms with Gasteiger partial charge in [-0.1, -0.05) is 42.7 Å². The summed E-state index contributed by atoms with van der Waals surface area (Å²) in [4.78, 5) is 17.0. The van der Waals surface area contributed by atoms with E-state index in [0.717, 1.165) is 22.0 Å². The number of nitrogens with zero attached hydrogens (tertiary/aromatic N) is 3. The number of hydrogen-bond acceptors (Lipinski definition) is 6. The largest absolute Gasteiger partial charge is 0.489 e. The number of aromatic nitrogens is 3. The number of benzene rings is 2. The molecule has 7 nitrogen and oxygen atoms in total. The molecule has 0 amide bonds. The van der Waals surface area contributed by atoms with Gasteiger partial charge in [-0.3, -0.25) is 4.79 Å². The van der Waals surface area contributed by atoms with Gasteiger partial charge in [-0.2, -0.15) is 4.98 Å². The SMILES string of the molecule is CCOC(=O)C(C)C(C)c1cn(C)c2c(-c3noc(-c4ccc(OC(C)C)c(Cl)c4)n3)cccc12. The number of rotatable bonds is 8. The lowest BCUT2D eigenvalue weighted by Crippen LogP contribution is -2.20. The van der Waals surface area contributed by atoms with Crippen molar-refractivity contribution in [1.82, 2.24) is 14.7 Å². The minimum absolute atomic E-state index is 0.0204. The van der Waals surface area contributed by atoms with Crippen LogP contribution in [0.2, 0.25) is 5.02 Å². The van der Waals surface area contributed by atoms with E-state index >= 15 is 0 Å². The number of para-hydroxylation sites is 1. The number of fused-ring (bicyclic) bond motifs is 1. The summed E-state index contributed by atoms with van der Waals surface area (Å²) >= 11 is 6.39. The first-order valence-corrected chi connectivity index (χ1v) is 12.1. The molecule has 2 heterocycles. The highest BCUT2D eigenvalue weighted by molar-refractivity contribution is 6.32. The second-order valence-corrected chi connectivity index (χ2v) is 9.37. The molecule has 0 aliphatic heterocycles. The van der Waals surface area contributed by atoms with Gasteiger partial charge in [0.1, 0.15) is 5.75 Å². The van der Waals surface area contributed by atoms with Crippen molar-refractivity contribution in [3.05, 3.63) is 53.2 Å². The molecular weight excluding hydrogens is 466 g/mol. The molecule has 184 valence electrons. The molecule has 0 saturated heterocycles. The molecule has 2 unspecified atom stereocenters. The number of ether oxygens (including phenoxy) is 2. The zero-order valence-electron chi connectivity index (χ0n) is 20.8. The molecular formula is C27H30ClN3O4. The lowest BCUT2D eigenvalue weighted by atomic mass is 9.88. The average molecular weight is 496 g/mol. The van der Waals surface area contributed by atoms with Gasteiger partial charge in [0.2, 0.25) is 5.82 Å². The molecule has 2 aromatic heterocycles. The van der Waals surface area contributed by atoms with E-state index < -0.39 is 0 Å². The fourth-order valence-corrected chi connectivity index (χ4v) is 4.45. The topological polar surface area (TPSA) is 79.4 Å². The van der Waals surface area contributed by atoms with Crippen LogP contribution in [-0.2, 0) is 16.6 Å². The molecule has 8 heteroatoms. The Labute approximate surface area is 210 Å². The van der Waals surface area contributed by atoms with Gasteiger partial charge in [0.05, 0.1) is 29.2 Å². The summed E-state index contributed by atoms with van der Waals surface area (Å²) in [5, 5.41) is 5.77. The maximum atomic E-state index is 12.3. The average Bonchev–Trinajstić information content (AvgIpc) is 3.45. The standard InChI is InChI=1S/C27H30ClN3O4/c1-7-33-27(32)17(5)16(4)21-14-31(6)24-19(21)9-8-10-20(24)25-29-26(35-30-25)18-11-12-23(22(28)13-18)34-15(2)3/h8-17H,7H2,1-6H3. The van der Waals surface area contributed by atoms with Crippen LogP contribution in [0.1, 0.15) is 46.1 Å². The van der Waals surface area contributed by atoms with E-state index in [0.29, 0.717) is 34.7 Å². The summed E-state index contributed by atoms with van der Waals surface area (Å²) in [6.45, 7) is 10.0. The van der Waals surface area contributed by atoms with Crippen LogP contribution in [0.25, 0.3) is 33.7 Å². The van der Waals surface area contributed by atoms with E-state index in [9.17, 15) is 4.79 Å². The Kier molecular flexibility index (Phi) is 7.17. The van der Waals surface area contributed by atoms with Gasteiger partial charge in [-0.05, 0) is 56.5 Å². The van der Waals surface area contributed by atoms with Crippen LogP contribution < -0.4 is 4.74 Å². The lowest BCUT2D eigenvalue weighted by Gasteiger charge is -2.18. The van der Waals surface area contributed by atoms with Crippen LogP contribution in [0.4, 0.5) is 0 Å². The van der Waals surface area contributed by atoms with Crippen LogP contribution in [0.3, 0.4) is 0 Å². The summed E-state index contributed by atoms with van der Waals surface area (Å²) in [7, 11) is 1.98. The first-order chi connectivity index (χ1) is 16.7. The fraction of sp³-hybridized carbons (Fsp3) is 0.370. The van der Waals surface area contributed by atoms with Crippen LogP contribution in [-0.4, -0.2) is 33.4 Å². The Morgan fingerprint density at radius 1 is 1.17 bits per heavy atom. The monoisotopic (exact) mass is 495 g/mol. The molecule has 4 aromatic rings. The lowest BCUT2D eigenvalue weighted by molar-refractivity contribution is -0.148. The molecule has 2 aromatic carbocycles. The third-order valence-corrected chi connectivity index (χ3v) is 6.44. The number of carbonyl (C=O) groups excluding carboxylic acids is 1. The van der Waals surface area contributed by atoms with E-state index in [1.165, 1.54) is 0 Å². The third kappa shape index (κ3) is 4.91. The number of halogens is 1. The van der Waals surface area contributed by atoms with Crippen molar-refractivity contribution in [3.8, 4) is 28.6 Å². The Hall–Kier alpha value is -3.32. The maximum absolute atomic E-state index is 12.3. The van der Waals surface area contributed by atoms with E-state index in [4.69, 9.17) is 25.6 Å². The van der Waals surface area contributed by atoms with Gasteiger partial charge in [0, 0.05) is 29.8 Å². The van der Waals surface area contributed by atoms with Gasteiger partial charge in [-0.15, -0.1) is 0 Å². The zero-order valence-corrected chi connectivity index (χ0v) is 21.6. The van der Waals surface area contributed by atoms with Gasteiger partial charge in [-0.25, -0.2) is 0 Å². The molecule has 0 N–H and O–H groups in total. The van der Waals surface area contributed by atoms with Crippen molar-refractivity contribution in [2.75, 3.05) is 6.61 Å². The molecule has 4 rings (SSSR count). The zero-order chi connectivity index (χ0) is 25.3.